The third kappa shape index (κ3) is 3.96. The number of para-hydroxylation sites is 1. The van der Waals surface area contributed by atoms with Crippen LogP contribution in [-0.2, 0) is 10.8 Å². The van der Waals surface area contributed by atoms with Gasteiger partial charge in [-0.1, -0.05) is 36.1 Å². The molecule has 2 aromatic carbocycles. The zero-order chi connectivity index (χ0) is 13.7. The van der Waals surface area contributed by atoms with Gasteiger partial charge in [0.1, 0.15) is 11.5 Å². The molecule has 0 spiro atoms. The maximum absolute atomic E-state index is 11.8. The third-order valence-corrected chi connectivity index (χ3v) is 2.92. The summed E-state index contributed by atoms with van der Waals surface area (Å²) in [7, 11) is -1.26. The van der Waals surface area contributed by atoms with Crippen molar-refractivity contribution >= 4 is 16.6 Å². The van der Waals surface area contributed by atoms with Gasteiger partial charge in [0.25, 0.3) is 0 Å². The lowest BCUT2D eigenvalue weighted by Gasteiger charge is -2.13. The maximum atomic E-state index is 11.8. The first kappa shape index (κ1) is 13.4. The van der Waals surface area contributed by atoms with Gasteiger partial charge in [-0.25, -0.2) is 0 Å². The second kappa shape index (κ2) is 6.20. The van der Waals surface area contributed by atoms with Crippen LogP contribution in [0.1, 0.15) is 5.56 Å². The lowest BCUT2D eigenvalue weighted by molar-refractivity contribution is -0.243. The van der Waals surface area contributed by atoms with Crippen molar-refractivity contribution in [2.75, 3.05) is 6.26 Å². The van der Waals surface area contributed by atoms with Crippen molar-refractivity contribution in [2.45, 2.75) is 0 Å². The number of benzene rings is 2. The van der Waals surface area contributed by atoms with Crippen molar-refractivity contribution in [1.29, 1.82) is 0 Å². The molecule has 2 aromatic rings. The Labute approximate surface area is 114 Å². The van der Waals surface area contributed by atoms with E-state index in [1.807, 2.05) is 30.3 Å². The molecule has 0 aliphatic carbocycles. The fourth-order valence-electron chi connectivity index (χ4n) is 1.56. The van der Waals surface area contributed by atoms with Crippen LogP contribution in [-0.4, -0.2) is 10.5 Å². The van der Waals surface area contributed by atoms with E-state index in [0.717, 1.165) is 0 Å². The van der Waals surface area contributed by atoms with Gasteiger partial charge in [0.05, 0.1) is 0 Å². The summed E-state index contributed by atoms with van der Waals surface area (Å²) in [5.74, 6) is 1.02. The summed E-state index contributed by atoms with van der Waals surface area (Å²) in [6, 6.07) is 16.1. The Morgan fingerprint density at radius 2 is 1.79 bits per heavy atom. The van der Waals surface area contributed by atoms with E-state index in [-0.39, 0.29) is 5.76 Å². The first-order valence-corrected chi connectivity index (χ1v) is 7.31. The highest BCUT2D eigenvalue weighted by molar-refractivity contribution is 7.87. The average molecular weight is 273 g/mol. The summed E-state index contributed by atoms with van der Waals surface area (Å²) >= 11 is 0. The molecule has 0 aliphatic heterocycles. The number of rotatable bonds is 4. The van der Waals surface area contributed by atoms with Crippen LogP contribution in [0.25, 0.3) is 5.76 Å². The van der Waals surface area contributed by atoms with Crippen molar-refractivity contribution in [2.24, 2.45) is 0 Å². The molecule has 1 unspecified atom stereocenters. The van der Waals surface area contributed by atoms with Gasteiger partial charge in [-0.2, -0.15) is 0 Å². The Morgan fingerprint density at radius 1 is 1.11 bits per heavy atom. The minimum Gasteiger partial charge on any atom is -0.872 e. The Bertz CT molecular complexity index is 606. The highest BCUT2D eigenvalue weighted by Gasteiger charge is 1.98. The quantitative estimate of drug-likeness (QED) is 0.804. The molecule has 0 N–H and O–H groups in total. The molecule has 2 rings (SSSR count). The second-order valence-corrected chi connectivity index (χ2v) is 5.16. The summed E-state index contributed by atoms with van der Waals surface area (Å²) in [6.45, 7) is 0. The van der Waals surface area contributed by atoms with Crippen LogP contribution in [0.2, 0.25) is 0 Å². The van der Waals surface area contributed by atoms with E-state index in [0.29, 0.717) is 17.1 Å². The molecule has 0 saturated carbocycles. The molecule has 3 nitrogen and oxygen atoms in total. The molecule has 19 heavy (non-hydrogen) atoms. The van der Waals surface area contributed by atoms with Crippen molar-refractivity contribution in [3.05, 3.63) is 65.6 Å². The molecule has 0 fully saturated rings. The van der Waals surface area contributed by atoms with Gasteiger partial charge in [-0.3, -0.25) is 4.21 Å². The van der Waals surface area contributed by atoms with Crippen LogP contribution in [0.3, 0.4) is 0 Å². The Kier molecular flexibility index (Phi) is 4.36. The smallest absolute Gasteiger partial charge is 0.128 e. The van der Waals surface area contributed by atoms with Gasteiger partial charge >= 0.3 is 0 Å². The van der Waals surface area contributed by atoms with Gasteiger partial charge in [0.2, 0.25) is 0 Å². The number of hydrogen-bond donors (Lipinski definition) is 0. The Hall–Kier alpha value is -2.07. The number of hydrogen-bond acceptors (Lipinski definition) is 3. The second-order valence-electron chi connectivity index (χ2n) is 3.92. The van der Waals surface area contributed by atoms with E-state index in [4.69, 9.17) is 4.74 Å². The monoisotopic (exact) mass is 273 g/mol. The van der Waals surface area contributed by atoms with Crippen molar-refractivity contribution < 1.29 is 14.1 Å². The van der Waals surface area contributed by atoms with Crippen LogP contribution in [0, 0.1) is 0 Å². The molecule has 0 heterocycles. The van der Waals surface area contributed by atoms with E-state index in [9.17, 15) is 9.32 Å². The standard InChI is InChI=1S/C15H14O3S/c1-19(17)11-15(16)12-6-5-9-14(10-12)18-13-7-3-2-4-8-13/h2-11,16H,1H3/p-1/b15-11-. The molecular weight excluding hydrogens is 260 g/mol. The molecule has 0 amide bonds. The lowest BCUT2D eigenvalue weighted by Crippen LogP contribution is -2.03. The van der Waals surface area contributed by atoms with Gasteiger partial charge in [0, 0.05) is 17.1 Å². The first-order chi connectivity index (χ1) is 9.15. The highest BCUT2D eigenvalue weighted by Crippen LogP contribution is 2.23. The summed E-state index contributed by atoms with van der Waals surface area (Å²) < 4.78 is 16.6. The fraction of sp³-hybridized carbons (Fsp3) is 0.0667. The van der Waals surface area contributed by atoms with Gasteiger partial charge < -0.3 is 9.84 Å². The van der Waals surface area contributed by atoms with Crippen LogP contribution in [0.5, 0.6) is 11.5 Å². The van der Waals surface area contributed by atoms with Crippen LogP contribution < -0.4 is 9.84 Å². The van der Waals surface area contributed by atoms with E-state index in [2.05, 4.69) is 0 Å². The predicted molar refractivity (Wildman–Crippen MR) is 75.0 cm³/mol. The lowest BCUT2D eigenvalue weighted by atomic mass is 10.2. The molecular formula is C15H13O3S-. The molecule has 0 aliphatic rings. The normalized spacial score (nSPS) is 13.0. The van der Waals surface area contributed by atoms with E-state index in [1.165, 1.54) is 11.7 Å². The summed E-state index contributed by atoms with van der Waals surface area (Å²) in [4.78, 5) is 0. The zero-order valence-electron chi connectivity index (χ0n) is 10.4. The fourth-order valence-corrected chi connectivity index (χ4v) is 1.99. The largest absolute Gasteiger partial charge is 0.872 e. The maximum Gasteiger partial charge on any atom is 0.128 e. The van der Waals surface area contributed by atoms with Crippen LogP contribution >= 0.6 is 0 Å². The molecule has 0 radical (unpaired) electrons. The molecule has 98 valence electrons. The molecule has 1 atom stereocenters. The SMILES string of the molecule is CS(=O)/C=C(\[O-])c1cccc(Oc2ccccc2)c1. The highest BCUT2D eigenvalue weighted by atomic mass is 32.2. The van der Waals surface area contributed by atoms with Crippen LogP contribution in [0.15, 0.2) is 60.0 Å². The first-order valence-electron chi connectivity index (χ1n) is 5.69. The Balaban J connectivity index is 2.23. The van der Waals surface area contributed by atoms with E-state index in [1.54, 1.807) is 24.3 Å². The van der Waals surface area contributed by atoms with E-state index < -0.39 is 10.8 Å². The summed E-state index contributed by atoms with van der Waals surface area (Å²) in [5.41, 5.74) is 0.462. The van der Waals surface area contributed by atoms with Crippen molar-refractivity contribution in [3.8, 4) is 11.5 Å². The Morgan fingerprint density at radius 3 is 2.47 bits per heavy atom. The van der Waals surface area contributed by atoms with Gasteiger partial charge in [-0.15, -0.1) is 0 Å². The van der Waals surface area contributed by atoms with Crippen LogP contribution in [0.4, 0.5) is 0 Å². The number of ether oxygens (including phenoxy) is 1. The minimum absolute atomic E-state index is 0.264. The average Bonchev–Trinajstić information content (AvgIpc) is 2.39. The van der Waals surface area contributed by atoms with Crippen molar-refractivity contribution in [3.63, 3.8) is 0 Å². The minimum atomic E-state index is -1.26. The summed E-state index contributed by atoms with van der Waals surface area (Å²) in [6.07, 6.45) is 1.46. The molecule has 0 saturated heterocycles. The topological polar surface area (TPSA) is 49.4 Å². The molecule has 4 heteroatoms. The predicted octanol–water partition coefficient (Wildman–Crippen LogP) is 2.52. The molecule has 0 bridgehead atoms. The van der Waals surface area contributed by atoms with Crippen molar-refractivity contribution in [1.82, 2.24) is 0 Å². The third-order valence-electron chi connectivity index (χ3n) is 2.37. The zero-order valence-corrected chi connectivity index (χ0v) is 11.2. The van der Waals surface area contributed by atoms with Gasteiger partial charge in [-0.05, 0) is 35.2 Å². The van der Waals surface area contributed by atoms with Gasteiger partial charge in [0.15, 0.2) is 0 Å². The van der Waals surface area contributed by atoms with E-state index >= 15 is 0 Å². The molecule has 0 aromatic heterocycles. The summed E-state index contributed by atoms with van der Waals surface area (Å²) in [5, 5.41) is 12.9.